The molecule has 1 saturated carbocycles. The van der Waals surface area contributed by atoms with Gasteiger partial charge in [0.15, 0.2) is 5.96 Å². The second-order valence-corrected chi connectivity index (χ2v) is 9.07. The number of hydrogen-bond acceptors (Lipinski definition) is 4. The lowest BCUT2D eigenvalue weighted by Gasteiger charge is -2.55. The largest absolute Gasteiger partial charge is 0.377 e. The van der Waals surface area contributed by atoms with E-state index in [9.17, 15) is 5.26 Å². The second-order valence-electron chi connectivity index (χ2n) is 9.07. The summed E-state index contributed by atoms with van der Waals surface area (Å²) in [6.45, 7) is 10.2. The van der Waals surface area contributed by atoms with Gasteiger partial charge in [-0.15, -0.1) is 24.0 Å². The number of rotatable bonds is 4. The number of fused-ring (bicyclic) bond motifs is 1. The first-order valence-electron chi connectivity index (χ1n) is 11.0. The van der Waals surface area contributed by atoms with Gasteiger partial charge in [-0.2, -0.15) is 5.26 Å². The van der Waals surface area contributed by atoms with E-state index in [4.69, 9.17) is 9.73 Å². The van der Waals surface area contributed by atoms with Gasteiger partial charge in [0.2, 0.25) is 0 Å². The Morgan fingerprint density at radius 2 is 2.10 bits per heavy atom. The van der Waals surface area contributed by atoms with E-state index in [1.165, 1.54) is 0 Å². The van der Waals surface area contributed by atoms with Crippen LogP contribution in [0.15, 0.2) is 29.3 Å². The standard InChI is InChI=1S/C23H33N5O.HI/c1-4-25-22(27-20-18-11-13-29-21(18)23(20,2)3)26-17-9-7-12-28(15-17)19-10-6-5-8-16(19)14-24;/h5-6,8,10,17-18,20-21H,4,7,9,11-13,15H2,1-3H3,(H2,25,26,27);1H. The lowest BCUT2D eigenvalue weighted by molar-refractivity contribution is -0.106. The average molecular weight is 523 g/mol. The van der Waals surface area contributed by atoms with Gasteiger partial charge in [0.25, 0.3) is 0 Å². The molecule has 7 heteroatoms. The van der Waals surface area contributed by atoms with Crippen LogP contribution in [0.1, 0.15) is 45.6 Å². The smallest absolute Gasteiger partial charge is 0.191 e. The summed E-state index contributed by atoms with van der Waals surface area (Å²) in [6, 6.07) is 10.9. The highest BCUT2D eigenvalue weighted by Gasteiger charge is 2.59. The fraction of sp³-hybridized carbons (Fsp3) is 0.652. The molecular weight excluding hydrogens is 489 g/mol. The van der Waals surface area contributed by atoms with E-state index in [-0.39, 0.29) is 29.4 Å². The Balaban J connectivity index is 0.00000256. The summed E-state index contributed by atoms with van der Waals surface area (Å²) in [7, 11) is 0. The van der Waals surface area contributed by atoms with Crippen LogP contribution >= 0.6 is 24.0 Å². The van der Waals surface area contributed by atoms with Crippen molar-refractivity contribution in [2.45, 2.75) is 58.2 Å². The van der Waals surface area contributed by atoms with Gasteiger partial charge in [0, 0.05) is 49.7 Å². The Labute approximate surface area is 197 Å². The highest BCUT2D eigenvalue weighted by atomic mass is 127. The molecule has 2 N–H and O–H groups in total. The van der Waals surface area contributed by atoms with Crippen LogP contribution in [0.2, 0.25) is 0 Å². The summed E-state index contributed by atoms with van der Waals surface area (Å²) in [5.41, 5.74) is 1.91. The van der Waals surface area contributed by atoms with E-state index < -0.39 is 0 Å². The monoisotopic (exact) mass is 523 g/mol. The van der Waals surface area contributed by atoms with Crippen molar-refractivity contribution in [1.82, 2.24) is 10.6 Å². The van der Waals surface area contributed by atoms with Crippen LogP contribution in [-0.4, -0.2) is 50.4 Å². The zero-order valence-corrected chi connectivity index (χ0v) is 20.6. The predicted molar refractivity (Wildman–Crippen MR) is 131 cm³/mol. The van der Waals surface area contributed by atoms with E-state index in [1.54, 1.807) is 0 Å². The fourth-order valence-corrected chi connectivity index (χ4v) is 5.41. The van der Waals surface area contributed by atoms with E-state index in [2.05, 4.69) is 48.4 Å². The minimum absolute atomic E-state index is 0. The van der Waals surface area contributed by atoms with Crippen molar-refractivity contribution in [1.29, 1.82) is 5.26 Å². The molecule has 4 unspecified atom stereocenters. The molecule has 3 fully saturated rings. The quantitative estimate of drug-likeness (QED) is 0.359. The van der Waals surface area contributed by atoms with Crippen LogP contribution in [0.5, 0.6) is 0 Å². The summed E-state index contributed by atoms with van der Waals surface area (Å²) in [4.78, 5) is 7.06. The Morgan fingerprint density at radius 3 is 2.87 bits per heavy atom. The molecule has 164 valence electrons. The number of piperidine rings is 1. The summed E-state index contributed by atoms with van der Waals surface area (Å²) in [5, 5.41) is 16.9. The molecule has 30 heavy (non-hydrogen) atoms. The van der Waals surface area contributed by atoms with Gasteiger partial charge in [-0.25, -0.2) is 0 Å². The Hall–Kier alpha value is -1.53. The van der Waals surface area contributed by atoms with Gasteiger partial charge in [-0.1, -0.05) is 26.0 Å². The molecule has 1 aromatic rings. The number of para-hydroxylation sites is 1. The number of nitrogens with one attached hydrogen (secondary N) is 2. The summed E-state index contributed by atoms with van der Waals surface area (Å²) >= 11 is 0. The number of halogens is 1. The molecule has 2 heterocycles. The molecule has 4 rings (SSSR count). The third-order valence-corrected chi connectivity index (χ3v) is 6.84. The van der Waals surface area contributed by atoms with Gasteiger partial charge >= 0.3 is 0 Å². The number of benzene rings is 1. The summed E-state index contributed by atoms with van der Waals surface area (Å²) in [5.74, 6) is 1.50. The maximum atomic E-state index is 9.46. The fourth-order valence-electron chi connectivity index (χ4n) is 5.41. The molecule has 0 amide bonds. The highest BCUT2D eigenvalue weighted by molar-refractivity contribution is 14.0. The van der Waals surface area contributed by atoms with Gasteiger partial charge in [0.05, 0.1) is 17.4 Å². The first-order chi connectivity index (χ1) is 14.0. The highest BCUT2D eigenvalue weighted by Crippen LogP contribution is 2.52. The van der Waals surface area contributed by atoms with Crippen LogP contribution in [0.25, 0.3) is 0 Å². The van der Waals surface area contributed by atoms with Crippen molar-refractivity contribution in [3.63, 3.8) is 0 Å². The number of aliphatic imine (C=N–C) groups is 1. The molecule has 1 aliphatic carbocycles. The van der Waals surface area contributed by atoms with Crippen molar-refractivity contribution < 1.29 is 4.74 Å². The third-order valence-electron chi connectivity index (χ3n) is 6.84. The number of nitrogens with zero attached hydrogens (tertiary/aromatic N) is 3. The molecule has 2 aliphatic heterocycles. The first-order valence-corrected chi connectivity index (χ1v) is 11.0. The van der Waals surface area contributed by atoms with Crippen LogP contribution in [0.4, 0.5) is 5.69 Å². The summed E-state index contributed by atoms with van der Waals surface area (Å²) in [6.07, 6.45) is 3.71. The van der Waals surface area contributed by atoms with Crippen LogP contribution < -0.4 is 15.5 Å². The third kappa shape index (κ3) is 4.40. The minimum atomic E-state index is 0. The maximum Gasteiger partial charge on any atom is 0.191 e. The lowest BCUT2D eigenvalue weighted by Crippen LogP contribution is -2.68. The number of guanidine groups is 1. The number of ether oxygens (including phenoxy) is 1. The Morgan fingerprint density at radius 1 is 1.30 bits per heavy atom. The molecule has 0 aromatic heterocycles. The van der Waals surface area contributed by atoms with Gasteiger partial charge in [0.1, 0.15) is 6.07 Å². The molecule has 0 bridgehead atoms. The molecule has 2 saturated heterocycles. The minimum Gasteiger partial charge on any atom is -0.377 e. The molecule has 0 radical (unpaired) electrons. The first kappa shape index (κ1) is 23.1. The van der Waals surface area contributed by atoms with Gasteiger partial charge in [-0.05, 0) is 38.3 Å². The normalized spacial score (nSPS) is 29.8. The average Bonchev–Trinajstić information content (AvgIpc) is 3.19. The molecular formula is C23H34IN5O. The van der Waals surface area contributed by atoms with Gasteiger partial charge in [-0.3, -0.25) is 4.99 Å². The van der Waals surface area contributed by atoms with Crippen molar-refractivity contribution in [2.24, 2.45) is 16.3 Å². The zero-order valence-electron chi connectivity index (χ0n) is 18.2. The topological polar surface area (TPSA) is 72.7 Å². The number of anilines is 1. The van der Waals surface area contributed by atoms with Crippen molar-refractivity contribution in [3.8, 4) is 6.07 Å². The summed E-state index contributed by atoms with van der Waals surface area (Å²) < 4.78 is 5.94. The van der Waals surface area contributed by atoms with Crippen LogP contribution in [0.3, 0.4) is 0 Å². The Bertz CT molecular complexity index is 805. The number of nitriles is 1. The van der Waals surface area contributed by atoms with E-state index in [0.717, 1.165) is 62.7 Å². The maximum absolute atomic E-state index is 9.46. The van der Waals surface area contributed by atoms with Crippen LogP contribution in [0, 0.1) is 22.7 Å². The number of hydrogen-bond donors (Lipinski definition) is 2. The van der Waals surface area contributed by atoms with Crippen molar-refractivity contribution >= 4 is 35.6 Å². The van der Waals surface area contributed by atoms with Crippen molar-refractivity contribution in [3.05, 3.63) is 29.8 Å². The van der Waals surface area contributed by atoms with Gasteiger partial charge < -0.3 is 20.3 Å². The van der Waals surface area contributed by atoms with E-state index in [1.807, 2.05) is 18.2 Å². The molecule has 0 spiro atoms. The molecule has 6 nitrogen and oxygen atoms in total. The van der Waals surface area contributed by atoms with E-state index in [0.29, 0.717) is 24.1 Å². The Kier molecular flexibility index (Phi) is 7.51. The SMILES string of the molecule is CCN=C(NC1CCCN(c2ccccc2C#N)C1)NC1C2CCOC2C1(C)C.I. The van der Waals surface area contributed by atoms with E-state index >= 15 is 0 Å². The molecule has 4 atom stereocenters. The second kappa shape index (κ2) is 9.73. The molecule has 3 aliphatic rings. The van der Waals surface area contributed by atoms with Crippen molar-refractivity contribution in [2.75, 3.05) is 31.1 Å². The lowest BCUT2D eigenvalue weighted by atomic mass is 9.57. The zero-order chi connectivity index (χ0) is 20.4. The predicted octanol–water partition coefficient (Wildman–Crippen LogP) is 3.51. The molecule has 1 aromatic carbocycles. The van der Waals surface area contributed by atoms with Crippen LogP contribution in [-0.2, 0) is 4.74 Å².